The van der Waals surface area contributed by atoms with Crippen LogP contribution < -0.4 is 0 Å². The number of hydrogen-bond donors (Lipinski definition) is 3. The third-order valence-electron chi connectivity index (χ3n) is 3.75. The van der Waals surface area contributed by atoms with Crippen LogP contribution >= 0.6 is 0 Å². The number of aliphatic hydroxyl groups is 1. The van der Waals surface area contributed by atoms with E-state index in [0.29, 0.717) is 6.42 Å². The predicted octanol–water partition coefficient (Wildman–Crippen LogP) is 4.14. The highest BCUT2D eigenvalue weighted by Crippen LogP contribution is 2.10. The molecule has 0 aliphatic heterocycles. The van der Waals surface area contributed by atoms with Crippen LogP contribution in [0.5, 0.6) is 0 Å². The molecule has 0 radical (unpaired) electrons. The molecule has 0 saturated carbocycles. The summed E-state index contributed by atoms with van der Waals surface area (Å²) in [5.41, 5.74) is 0. The van der Waals surface area contributed by atoms with Crippen molar-refractivity contribution in [2.45, 2.75) is 89.6 Å². The van der Waals surface area contributed by atoms with Gasteiger partial charge in [0, 0.05) is 6.42 Å². The van der Waals surface area contributed by atoms with Gasteiger partial charge >= 0.3 is 11.9 Å². The van der Waals surface area contributed by atoms with Gasteiger partial charge in [-0.1, -0.05) is 44.3 Å². The van der Waals surface area contributed by atoms with Crippen LogP contribution in [0.1, 0.15) is 83.5 Å². The number of carboxylic acids is 2. The van der Waals surface area contributed by atoms with E-state index in [1.807, 2.05) is 0 Å². The van der Waals surface area contributed by atoms with E-state index in [2.05, 4.69) is 12.2 Å². The summed E-state index contributed by atoms with van der Waals surface area (Å²) in [7, 11) is 0. The maximum atomic E-state index is 10.4. The van der Waals surface area contributed by atoms with Crippen molar-refractivity contribution in [1.82, 2.24) is 0 Å². The van der Waals surface area contributed by atoms with Crippen LogP contribution in [0.3, 0.4) is 0 Å². The van der Waals surface area contributed by atoms with Crippen molar-refractivity contribution in [2.24, 2.45) is 0 Å². The molecule has 0 fully saturated rings. The fourth-order valence-corrected chi connectivity index (χ4v) is 2.43. The highest BCUT2D eigenvalue weighted by atomic mass is 16.4. The Morgan fingerprint density at radius 3 is 1.83 bits per heavy atom. The van der Waals surface area contributed by atoms with Crippen LogP contribution in [0.2, 0.25) is 0 Å². The molecule has 1 atom stereocenters. The molecule has 0 amide bonds. The van der Waals surface area contributed by atoms with Crippen molar-refractivity contribution >= 4 is 11.9 Å². The Balaban J connectivity index is 3.23. The Kier molecular flexibility index (Phi) is 14.6. The first kappa shape index (κ1) is 21.6. The lowest BCUT2D eigenvalue weighted by Crippen LogP contribution is -2.12. The van der Waals surface area contributed by atoms with E-state index < -0.39 is 18.0 Å². The number of carbonyl (C=O) groups is 2. The van der Waals surface area contributed by atoms with Gasteiger partial charge in [-0.2, -0.15) is 0 Å². The van der Waals surface area contributed by atoms with Crippen LogP contribution in [0.25, 0.3) is 0 Å². The minimum absolute atomic E-state index is 0.157. The third kappa shape index (κ3) is 18.6. The van der Waals surface area contributed by atoms with E-state index in [-0.39, 0.29) is 12.8 Å². The number of hydrogen-bond acceptors (Lipinski definition) is 3. The third-order valence-corrected chi connectivity index (χ3v) is 3.75. The molecular formula is C18H32O5. The van der Waals surface area contributed by atoms with Crippen molar-refractivity contribution in [3.8, 4) is 0 Å². The molecule has 0 aromatic heterocycles. The Morgan fingerprint density at radius 2 is 1.26 bits per heavy atom. The van der Waals surface area contributed by atoms with E-state index in [0.717, 1.165) is 64.2 Å². The standard InChI is InChI=1S/C18H32O5/c19-16(15-18(22)23)13-11-9-7-5-3-1-2-4-6-8-10-12-14-17(20)21/h1,3,16,19H,2,4-15H2,(H,20,21)(H,22,23)/b3-1-. The summed E-state index contributed by atoms with van der Waals surface area (Å²) < 4.78 is 0. The van der Waals surface area contributed by atoms with Crippen LogP contribution in [-0.4, -0.2) is 33.4 Å². The molecule has 0 aliphatic carbocycles. The maximum Gasteiger partial charge on any atom is 0.305 e. The zero-order valence-corrected chi connectivity index (χ0v) is 14.1. The number of rotatable bonds is 16. The van der Waals surface area contributed by atoms with Gasteiger partial charge in [0.1, 0.15) is 0 Å². The fraction of sp³-hybridized carbons (Fsp3) is 0.778. The average Bonchev–Trinajstić information content (AvgIpc) is 2.46. The number of aliphatic carboxylic acids is 2. The van der Waals surface area contributed by atoms with E-state index in [1.165, 1.54) is 0 Å². The lowest BCUT2D eigenvalue weighted by atomic mass is 10.1. The largest absolute Gasteiger partial charge is 0.481 e. The molecule has 0 bridgehead atoms. The van der Waals surface area contributed by atoms with Crippen LogP contribution in [0.4, 0.5) is 0 Å². The second-order valence-electron chi connectivity index (χ2n) is 6.06. The van der Waals surface area contributed by atoms with Gasteiger partial charge < -0.3 is 15.3 Å². The molecular weight excluding hydrogens is 296 g/mol. The van der Waals surface area contributed by atoms with Gasteiger partial charge in [-0.3, -0.25) is 9.59 Å². The molecule has 134 valence electrons. The predicted molar refractivity (Wildman–Crippen MR) is 90.4 cm³/mol. The van der Waals surface area contributed by atoms with Crippen molar-refractivity contribution < 1.29 is 24.9 Å². The molecule has 5 heteroatoms. The zero-order chi connectivity index (χ0) is 17.3. The van der Waals surface area contributed by atoms with Gasteiger partial charge in [0.05, 0.1) is 12.5 Å². The highest BCUT2D eigenvalue weighted by molar-refractivity contribution is 5.67. The van der Waals surface area contributed by atoms with Crippen LogP contribution in [-0.2, 0) is 9.59 Å². The molecule has 0 saturated heterocycles. The van der Waals surface area contributed by atoms with Gasteiger partial charge in [-0.25, -0.2) is 0 Å². The highest BCUT2D eigenvalue weighted by Gasteiger charge is 2.08. The molecule has 0 rings (SSSR count). The van der Waals surface area contributed by atoms with Crippen molar-refractivity contribution in [2.75, 3.05) is 0 Å². The fourth-order valence-electron chi connectivity index (χ4n) is 2.43. The molecule has 1 unspecified atom stereocenters. The number of allylic oxidation sites excluding steroid dienone is 2. The van der Waals surface area contributed by atoms with E-state index in [1.54, 1.807) is 0 Å². The minimum atomic E-state index is -0.942. The first-order valence-corrected chi connectivity index (χ1v) is 8.79. The monoisotopic (exact) mass is 328 g/mol. The Morgan fingerprint density at radius 1 is 0.739 bits per heavy atom. The van der Waals surface area contributed by atoms with E-state index in [9.17, 15) is 14.7 Å². The summed E-state index contributed by atoms with van der Waals surface area (Å²) in [5.74, 6) is -1.65. The second kappa shape index (κ2) is 15.5. The van der Waals surface area contributed by atoms with Gasteiger partial charge in [0.2, 0.25) is 0 Å². The molecule has 0 heterocycles. The summed E-state index contributed by atoms with van der Waals surface area (Å²) in [6.07, 6.45) is 14.7. The first-order valence-electron chi connectivity index (χ1n) is 8.79. The molecule has 0 aromatic rings. The summed E-state index contributed by atoms with van der Waals surface area (Å²) in [4.78, 5) is 20.7. The first-order chi connectivity index (χ1) is 11.0. The van der Waals surface area contributed by atoms with Gasteiger partial charge in [-0.05, 0) is 38.5 Å². The lowest BCUT2D eigenvalue weighted by molar-refractivity contribution is -0.139. The Bertz CT molecular complexity index is 338. The molecule has 0 aliphatic rings. The summed E-state index contributed by atoms with van der Waals surface area (Å²) in [6.45, 7) is 0. The second-order valence-corrected chi connectivity index (χ2v) is 6.06. The SMILES string of the molecule is O=C(O)CCCCCCC/C=C\CCCCCC(O)CC(=O)O. The lowest BCUT2D eigenvalue weighted by Gasteiger charge is -2.06. The number of unbranched alkanes of at least 4 members (excludes halogenated alkanes) is 8. The average molecular weight is 328 g/mol. The van der Waals surface area contributed by atoms with E-state index in [4.69, 9.17) is 10.2 Å². The van der Waals surface area contributed by atoms with Crippen molar-refractivity contribution in [3.63, 3.8) is 0 Å². The summed E-state index contributed by atoms with van der Waals surface area (Å²) in [6, 6.07) is 0. The van der Waals surface area contributed by atoms with Crippen LogP contribution in [0.15, 0.2) is 12.2 Å². The smallest absolute Gasteiger partial charge is 0.305 e. The normalized spacial score (nSPS) is 12.6. The van der Waals surface area contributed by atoms with Crippen molar-refractivity contribution in [3.05, 3.63) is 12.2 Å². The number of carboxylic acid groups (broad SMARTS) is 2. The van der Waals surface area contributed by atoms with Gasteiger partial charge in [0.15, 0.2) is 0 Å². The van der Waals surface area contributed by atoms with Crippen LogP contribution in [0, 0.1) is 0 Å². The van der Waals surface area contributed by atoms with Crippen molar-refractivity contribution in [1.29, 1.82) is 0 Å². The van der Waals surface area contributed by atoms with Gasteiger partial charge in [-0.15, -0.1) is 0 Å². The van der Waals surface area contributed by atoms with E-state index >= 15 is 0 Å². The minimum Gasteiger partial charge on any atom is -0.481 e. The molecule has 0 spiro atoms. The quantitative estimate of drug-likeness (QED) is 0.292. The Labute approximate surface area is 139 Å². The summed E-state index contributed by atoms with van der Waals surface area (Å²) >= 11 is 0. The Hall–Kier alpha value is -1.36. The summed E-state index contributed by atoms with van der Waals surface area (Å²) in [5, 5.41) is 26.4. The maximum absolute atomic E-state index is 10.4. The molecule has 5 nitrogen and oxygen atoms in total. The van der Waals surface area contributed by atoms with Gasteiger partial charge in [0.25, 0.3) is 0 Å². The molecule has 0 aromatic carbocycles. The topological polar surface area (TPSA) is 94.8 Å². The zero-order valence-electron chi connectivity index (χ0n) is 14.1. The number of aliphatic hydroxyl groups excluding tert-OH is 1. The molecule has 3 N–H and O–H groups in total. The molecule has 23 heavy (non-hydrogen) atoms.